The minimum atomic E-state index is -0.150. The lowest BCUT2D eigenvalue weighted by Crippen LogP contribution is -2.19. The van der Waals surface area contributed by atoms with Crippen LogP contribution < -0.4 is 0 Å². The fourth-order valence-corrected chi connectivity index (χ4v) is 2.55. The van der Waals surface area contributed by atoms with Crippen LogP contribution in [-0.2, 0) is 0 Å². The van der Waals surface area contributed by atoms with Crippen LogP contribution in [0.4, 0.5) is 0 Å². The Labute approximate surface area is 99.3 Å². The molecule has 1 heterocycles. The van der Waals surface area contributed by atoms with Gasteiger partial charge in [0.25, 0.3) is 0 Å². The van der Waals surface area contributed by atoms with Gasteiger partial charge >= 0.3 is 0 Å². The van der Waals surface area contributed by atoms with Gasteiger partial charge in [0.2, 0.25) is 0 Å². The molecule has 0 aliphatic rings. The second-order valence-corrected chi connectivity index (χ2v) is 6.30. The Morgan fingerprint density at radius 3 is 2.88 bits per heavy atom. The highest BCUT2D eigenvalue weighted by Crippen LogP contribution is 2.33. The van der Waals surface area contributed by atoms with Crippen LogP contribution in [-0.4, -0.2) is 26.4 Å². The topological polar surface area (TPSA) is 48.9 Å². The van der Waals surface area contributed by atoms with Crippen LogP contribution in [0.15, 0.2) is 23.1 Å². The third-order valence-corrected chi connectivity index (χ3v) is 3.52. The van der Waals surface area contributed by atoms with Gasteiger partial charge in [0.05, 0.1) is 17.6 Å². The van der Waals surface area contributed by atoms with Gasteiger partial charge < -0.3 is 10.1 Å². The van der Waals surface area contributed by atoms with Crippen molar-refractivity contribution in [3.63, 3.8) is 0 Å². The number of aromatic nitrogens is 2. The molecular weight excluding hydrogens is 220 g/mol. The van der Waals surface area contributed by atoms with Crippen LogP contribution in [0.2, 0.25) is 0 Å². The van der Waals surface area contributed by atoms with E-state index in [1.54, 1.807) is 11.8 Å². The number of rotatable bonds is 3. The number of nitrogens with zero attached hydrogens (tertiary/aromatic N) is 1. The molecule has 3 nitrogen and oxygen atoms in total. The Morgan fingerprint density at radius 1 is 1.44 bits per heavy atom. The Hall–Kier alpha value is -1.00. The molecule has 0 fully saturated rings. The Balaban J connectivity index is 2.32. The maximum absolute atomic E-state index is 9.23. The highest BCUT2D eigenvalue weighted by molar-refractivity contribution is 8.00. The summed E-state index contributed by atoms with van der Waals surface area (Å²) in [5.74, 6) is 0.929. The first-order valence-corrected chi connectivity index (χ1v) is 6.08. The van der Waals surface area contributed by atoms with Crippen molar-refractivity contribution in [2.45, 2.75) is 30.4 Å². The molecule has 0 bridgehead atoms. The highest BCUT2D eigenvalue weighted by Gasteiger charge is 2.18. The van der Waals surface area contributed by atoms with Crippen LogP contribution in [0.1, 0.15) is 19.7 Å². The van der Waals surface area contributed by atoms with E-state index in [1.807, 2.05) is 32.9 Å². The minimum Gasteiger partial charge on any atom is -0.395 e. The number of hydrogen-bond acceptors (Lipinski definition) is 3. The summed E-state index contributed by atoms with van der Waals surface area (Å²) >= 11 is 1.67. The number of thioether (sulfide) groups is 1. The molecule has 0 unspecified atom stereocenters. The maximum Gasteiger partial charge on any atom is 0.104 e. The molecule has 0 aliphatic carbocycles. The summed E-state index contributed by atoms with van der Waals surface area (Å²) in [4.78, 5) is 8.72. The molecule has 0 atom stereocenters. The summed E-state index contributed by atoms with van der Waals surface area (Å²) in [6.07, 6.45) is 0. The Morgan fingerprint density at radius 2 is 2.19 bits per heavy atom. The predicted octanol–water partition coefficient (Wildman–Crippen LogP) is 2.73. The average molecular weight is 236 g/mol. The molecule has 0 saturated carbocycles. The fourth-order valence-electron chi connectivity index (χ4n) is 1.53. The maximum atomic E-state index is 9.23. The van der Waals surface area contributed by atoms with Gasteiger partial charge in [-0.3, -0.25) is 0 Å². The molecule has 0 amide bonds. The minimum absolute atomic E-state index is 0.150. The predicted molar refractivity (Wildman–Crippen MR) is 67.9 cm³/mol. The van der Waals surface area contributed by atoms with Gasteiger partial charge in [-0.05, 0) is 39.0 Å². The molecule has 1 aromatic heterocycles. The summed E-state index contributed by atoms with van der Waals surface area (Å²) in [7, 11) is 0. The van der Waals surface area contributed by atoms with Gasteiger partial charge in [0.1, 0.15) is 5.82 Å². The second kappa shape index (κ2) is 4.11. The number of nitrogens with one attached hydrogen (secondary N) is 1. The number of hydrogen-bond donors (Lipinski definition) is 2. The van der Waals surface area contributed by atoms with Crippen LogP contribution in [0, 0.1) is 6.92 Å². The van der Waals surface area contributed by atoms with Crippen molar-refractivity contribution < 1.29 is 5.11 Å². The molecule has 16 heavy (non-hydrogen) atoms. The zero-order valence-electron chi connectivity index (χ0n) is 9.74. The number of aliphatic hydroxyl groups excluding tert-OH is 1. The summed E-state index contributed by atoms with van der Waals surface area (Å²) in [6.45, 7) is 6.17. The molecule has 0 saturated heterocycles. The first-order chi connectivity index (χ1) is 7.50. The largest absolute Gasteiger partial charge is 0.395 e. The second-order valence-electron chi connectivity index (χ2n) is 4.52. The summed E-state index contributed by atoms with van der Waals surface area (Å²) in [5.41, 5.74) is 2.04. The number of H-pyrrole nitrogens is 1. The smallest absolute Gasteiger partial charge is 0.104 e. The van der Waals surface area contributed by atoms with E-state index in [0.717, 1.165) is 21.8 Å². The van der Waals surface area contributed by atoms with E-state index in [4.69, 9.17) is 0 Å². The van der Waals surface area contributed by atoms with E-state index >= 15 is 0 Å². The number of benzene rings is 1. The summed E-state index contributed by atoms with van der Waals surface area (Å²) in [6, 6.07) is 6.14. The molecule has 0 spiro atoms. The molecular formula is C12H16N2OS. The summed E-state index contributed by atoms with van der Waals surface area (Å²) in [5, 5.41) is 9.23. The molecule has 1 aromatic carbocycles. The number of aryl methyl sites for hydroxylation is 1. The third-order valence-electron chi connectivity index (χ3n) is 2.35. The normalized spacial score (nSPS) is 12.2. The van der Waals surface area contributed by atoms with Crippen LogP contribution in [0.3, 0.4) is 0 Å². The van der Waals surface area contributed by atoms with Crippen molar-refractivity contribution in [3.05, 3.63) is 24.0 Å². The third kappa shape index (κ3) is 2.39. The van der Waals surface area contributed by atoms with Crippen molar-refractivity contribution >= 4 is 22.8 Å². The molecule has 0 aliphatic heterocycles. The van der Waals surface area contributed by atoms with E-state index in [9.17, 15) is 5.11 Å². The first-order valence-electron chi connectivity index (χ1n) is 5.26. The van der Waals surface area contributed by atoms with Gasteiger partial charge in [-0.15, -0.1) is 11.8 Å². The Bertz CT molecular complexity index is 505. The zero-order chi connectivity index (χ0) is 11.8. The van der Waals surface area contributed by atoms with Crippen molar-refractivity contribution in [1.29, 1.82) is 0 Å². The summed E-state index contributed by atoms with van der Waals surface area (Å²) < 4.78 is -0.150. The van der Waals surface area contributed by atoms with Crippen molar-refractivity contribution in [3.8, 4) is 0 Å². The number of imidazole rings is 1. The lowest BCUT2D eigenvalue weighted by atomic mass is 10.2. The lowest BCUT2D eigenvalue weighted by Gasteiger charge is -2.20. The quantitative estimate of drug-likeness (QED) is 0.806. The van der Waals surface area contributed by atoms with Crippen LogP contribution >= 0.6 is 11.8 Å². The fraction of sp³-hybridized carbons (Fsp3) is 0.417. The number of aromatic amines is 1. The van der Waals surface area contributed by atoms with Gasteiger partial charge in [-0.1, -0.05) is 0 Å². The van der Waals surface area contributed by atoms with Gasteiger partial charge in [0, 0.05) is 9.64 Å². The van der Waals surface area contributed by atoms with E-state index in [2.05, 4.69) is 16.0 Å². The van der Waals surface area contributed by atoms with Crippen molar-refractivity contribution in [2.24, 2.45) is 0 Å². The highest BCUT2D eigenvalue weighted by atomic mass is 32.2. The SMILES string of the molecule is Cc1nc2ccc(SC(C)(C)CO)cc2[nH]1. The number of fused-ring (bicyclic) bond motifs is 1. The van der Waals surface area contributed by atoms with Gasteiger partial charge in [0.15, 0.2) is 0 Å². The van der Waals surface area contributed by atoms with Crippen LogP contribution in [0.25, 0.3) is 11.0 Å². The molecule has 0 radical (unpaired) electrons. The number of aliphatic hydroxyl groups is 1. The van der Waals surface area contributed by atoms with E-state index in [0.29, 0.717) is 0 Å². The Kier molecular flexibility index (Phi) is 2.95. The lowest BCUT2D eigenvalue weighted by molar-refractivity contribution is 0.265. The van der Waals surface area contributed by atoms with Gasteiger partial charge in [-0.25, -0.2) is 4.98 Å². The van der Waals surface area contributed by atoms with E-state index in [-0.39, 0.29) is 11.4 Å². The van der Waals surface area contributed by atoms with Gasteiger partial charge in [-0.2, -0.15) is 0 Å². The van der Waals surface area contributed by atoms with E-state index in [1.165, 1.54) is 0 Å². The first kappa shape index (κ1) is 11.5. The molecule has 2 aromatic rings. The van der Waals surface area contributed by atoms with E-state index < -0.39 is 0 Å². The van der Waals surface area contributed by atoms with Crippen molar-refractivity contribution in [2.75, 3.05) is 6.61 Å². The molecule has 86 valence electrons. The van der Waals surface area contributed by atoms with Crippen LogP contribution in [0.5, 0.6) is 0 Å². The molecule has 2 N–H and O–H groups in total. The van der Waals surface area contributed by atoms with Crippen molar-refractivity contribution in [1.82, 2.24) is 9.97 Å². The monoisotopic (exact) mass is 236 g/mol. The standard InChI is InChI=1S/C12H16N2OS/c1-8-13-10-5-4-9(6-11(10)14-8)16-12(2,3)7-15/h4-6,15H,7H2,1-3H3,(H,13,14). The average Bonchev–Trinajstić information content (AvgIpc) is 2.57. The zero-order valence-corrected chi connectivity index (χ0v) is 10.6. The molecule has 2 rings (SSSR count). The molecule has 4 heteroatoms.